The first kappa shape index (κ1) is 14.7. The molecule has 1 aromatic rings. The summed E-state index contributed by atoms with van der Waals surface area (Å²) in [5.74, 6) is 0.801. The molecular weight excluding hydrogens is 306 g/mol. The van der Waals surface area contributed by atoms with Crippen molar-refractivity contribution < 1.29 is 4.74 Å². The Labute approximate surface area is 142 Å². The van der Waals surface area contributed by atoms with Crippen molar-refractivity contribution in [2.24, 2.45) is 11.3 Å². The lowest BCUT2D eigenvalue weighted by atomic mass is 9.46. The molecule has 5 heteroatoms. The summed E-state index contributed by atoms with van der Waals surface area (Å²) < 4.78 is 6.05. The first-order valence-electron chi connectivity index (χ1n) is 9.31. The van der Waals surface area contributed by atoms with Crippen LogP contribution in [0, 0.1) is 18.3 Å². The van der Waals surface area contributed by atoms with E-state index in [1.807, 2.05) is 0 Å². The minimum Gasteiger partial charge on any atom is -0.377 e. The van der Waals surface area contributed by atoms with E-state index < -0.39 is 0 Å². The van der Waals surface area contributed by atoms with Gasteiger partial charge in [-0.05, 0) is 39.0 Å². The maximum atomic E-state index is 6.05. The largest absolute Gasteiger partial charge is 0.377 e. The third-order valence-electron chi connectivity index (χ3n) is 6.82. The average molecular weight is 334 g/mol. The molecule has 0 aromatic carbocycles. The quantitative estimate of drug-likeness (QED) is 0.923. The highest BCUT2D eigenvalue weighted by Crippen LogP contribution is 2.63. The van der Waals surface area contributed by atoms with E-state index in [1.165, 1.54) is 43.7 Å². The molecule has 126 valence electrons. The van der Waals surface area contributed by atoms with Crippen molar-refractivity contribution in [3.63, 3.8) is 0 Å². The predicted molar refractivity (Wildman–Crippen MR) is 93.1 cm³/mol. The van der Waals surface area contributed by atoms with Gasteiger partial charge in [0.15, 0.2) is 5.13 Å². The first-order chi connectivity index (χ1) is 11.3. The van der Waals surface area contributed by atoms with Crippen LogP contribution in [0.2, 0.25) is 0 Å². The van der Waals surface area contributed by atoms with Crippen LogP contribution in [0.15, 0.2) is 5.38 Å². The van der Waals surface area contributed by atoms with E-state index in [0.717, 1.165) is 37.4 Å². The Bertz CT molecular complexity index is 577. The van der Waals surface area contributed by atoms with E-state index in [0.29, 0.717) is 17.6 Å². The minimum atomic E-state index is 0.519. The number of piperidine rings is 1. The Balaban J connectivity index is 1.20. The molecule has 3 heterocycles. The number of nitrogens with zero attached hydrogens (tertiary/aromatic N) is 2. The molecule has 0 radical (unpaired) electrons. The van der Waals surface area contributed by atoms with Gasteiger partial charge >= 0.3 is 0 Å². The molecule has 2 aliphatic heterocycles. The number of anilines is 1. The van der Waals surface area contributed by atoms with E-state index in [-0.39, 0.29) is 0 Å². The molecular formula is C18H27N3OS. The highest BCUT2D eigenvalue weighted by molar-refractivity contribution is 7.13. The molecule has 4 nitrogen and oxygen atoms in total. The molecule has 1 spiro atoms. The zero-order chi connectivity index (χ0) is 15.4. The van der Waals surface area contributed by atoms with Crippen LogP contribution >= 0.6 is 11.3 Å². The normalized spacial score (nSPS) is 35.9. The van der Waals surface area contributed by atoms with E-state index in [2.05, 4.69) is 27.5 Å². The topological polar surface area (TPSA) is 37.4 Å². The van der Waals surface area contributed by atoms with Crippen molar-refractivity contribution in [1.82, 2.24) is 10.3 Å². The molecule has 4 aliphatic rings. The number of rotatable bonds is 3. The number of thiazole rings is 1. The van der Waals surface area contributed by atoms with Crippen LogP contribution in [0.25, 0.3) is 0 Å². The number of nitrogens with one attached hydrogen (secondary N) is 1. The fourth-order valence-corrected chi connectivity index (χ4v) is 6.33. The van der Waals surface area contributed by atoms with Gasteiger partial charge in [-0.2, -0.15) is 0 Å². The van der Waals surface area contributed by atoms with E-state index in [4.69, 9.17) is 4.74 Å². The second kappa shape index (κ2) is 5.43. The molecule has 1 N–H and O–H groups in total. The van der Waals surface area contributed by atoms with Crippen molar-refractivity contribution in [3.05, 3.63) is 11.1 Å². The molecule has 2 aliphatic carbocycles. The van der Waals surface area contributed by atoms with Crippen LogP contribution in [0.3, 0.4) is 0 Å². The summed E-state index contributed by atoms with van der Waals surface area (Å²) in [6.07, 6.45) is 8.57. The van der Waals surface area contributed by atoms with Gasteiger partial charge in [0, 0.05) is 48.5 Å². The van der Waals surface area contributed by atoms with E-state index in [9.17, 15) is 0 Å². The summed E-state index contributed by atoms with van der Waals surface area (Å²) in [4.78, 5) is 7.11. The SMILES string of the molecule is Cc1csc(N2CCC(N[C@@H]3[C@@H]4CCO[C@H]4C34CCC4)CC2)n1. The van der Waals surface area contributed by atoms with E-state index >= 15 is 0 Å². The Kier molecular flexibility index (Phi) is 3.46. The summed E-state index contributed by atoms with van der Waals surface area (Å²) >= 11 is 1.79. The summed E-state index contributed by atoms with van der Waals surface area (Å²) in [6, 6.07) is 1.43. The van der Waals surface area contributed by atoms with Crippen LogP contribution in [-0.2, 0) is 4.74 Å². The monoisotopic (exact) mass is 333 g/mol. The molecule has 1 aromatic heterocycles. The maximum absolute atomic E-state index is 6.05. The van der Waals surface area contributed by atoms with Gasteiger partial charge < -0.3 is 15.0 Å². The summed E-state index contributed by atoms with van der Waals surface area (Å²) in [5.41, 5.74) is 1.67. The number of ether oxygens (including phenoxy) is 1. The fourth-order valence-electron chi connectivity index (χ4n) is 5.47. The van der Waals surface area contributed by atoms with Gasteiger partial charge in [-0.15, -0.1) is 11.3 Å². The van der Waals surface area contributed by atoms with Gasteiger partial charge in [0.2, 0.25) is 0 Å². The molecule has 23 heavy (non-hydrogen) atoms. The molecule has 3 atom stereocenters. The Hall–Kier alpha value is -0.650. The third kappa shape index (κ3) is 2.19. The number of hydrogen-bond acceptors (Lipinski definition) is 5. The van der Waals surface area contributed by atoms with Crippen molar-refractivity contribution in [2.75, 3.05) is 24.6 Å². The lowest BCUT2D eigenvalue weighted by Crippen LogP contribution is -2.72. The highest BCUT2D eigenvalue weighted by atomic mass is 32.1. The highest BCUT2D eigenvalue weighted by Gasteiger charge is 2.66. The van der Waals surface area contributed by atoms with Gasteiger partial charge in [-0.25, -0.2) is 4.98 Å². The van der Waals surface area contributed by atoms with Crippen LogP contribution < -0.4 is 10.2 Å². The minimum absolute atomic E-state index is 0.519. The molecule has 0 bridgehead atoms. The zero-order valence-corrected chi connectivity index (χ0v) is 14.8. The Morgan fingerprint density at radius 3 is 2.78 bits per heavy atom. The van der Waals surface area contributed by atoms with Gasteiger partial charge in [0.1, 0.15) is 0 Å². The smallest absolute Gasteiger partial charge is 0.185 e. The van der Waals surface area contributed by atoms with Crippen molar-refractivity contribution in [1.29, 1.82) is 0 Å². The second-order valence-electron chi connectivity index (χ2n) is 8.01. The van der Waals surface area contributed by atoms with Crippen LogP contribution in [0.1, 0.15) is 44.2 Å². The van der Waals surface area contributed by atoms with Gasteiger partial charge in [-0.1, -0.05) is 6.42 Å². The lowest BCUT2D eigenvalue weighted by Gasteiger charge is -2.64. The van der Waals surface area contributed by atoms with Crippen molar-refractivity contribution in [3.8, 4) is 0 Å². The summed E-state index contributed by atoms with van der Waals surface area (Å²) in [7, 11) is 0. The molecule has 2 saturated heterocycles. The number of fused-ring (bicyclic) bond motifs is 2. The standard InChI is InChI=1S/C18H27N3OS/c1-12-11-23-17(19-12)21-8-3-13(4-9-21)20-15-14-5-10-22-16(14)18(15)6-2-7-18/h11,13-16,20H,2-10H2,1H3/t14-,15+,16+/m0/s1. The molecule has 0 unspecified atom stereocenters. The van der Waals surface area contributed by atoms with Crippen LogP contribution in [0.5, 0.6) is 0 Å². The number of hydrogen-bond donors (Lipinski definition) is 1. The first-order valence-corrected chi connectivity index (χ1v) is 10.2. The average Bonchev–Trinajstić information content (AvgIpc) is 3.12. The third-order valence-corrected chi connectivity index (χ3v) is 7.84. The molecule has 0 amide bonds. The van der Waals surface area contributed by atoms with Gasteiger partial charge in [-0.3, -0.25) is 0 Å². The van der Waals surface area contributed by atoms with Crippen LogP contribution in [0.4, 0.5) is 5.13 Å². The Morgan fingerprint density at radius 2 is 2.13 bits per heavy atom. The lowest BCUT2D eigenvalue weighted by molar-refractivity contribution is -0.178. The molecule has 2 saturated carbocycles. The number of aryl methyl sites for hydroxylation is 1. The maximum Gasteiger partial charge on any atom is 0.185 e. The van der Waals surface area contributed by atoms with Gasteiger partial charge in [0.25, 0.3) is 0 Å². The molecule has 4 fully saturated rings. The summed E-state index contributed by atoms with van der Waals surface area (Å²) in [6.45, 7) is 5.38. The zero-order valence-electron chi connectivity index (χ0n) is 14.0. The van der Waals surface area contributed by atoms with E-state index in [1.54, 1.807) is 11.3 Å². The summed E-state index contributed by atoms with van der Waals surface area (Å²) in [5, 5.41) is 7.45. The molecule has 5 rings (SSSR count). The predicted octanol–water partition coefficient (Wildman–Crippen LogP) is 2.97. The van der Waals surface area contributed by atoms with Crippen molar-refractivity contribution >= 4 is 16.5 Å². The number of aromatic nitrogens is 1. The second-order valence-corrected chi connectivity index (χ2v) is 8.84. The van der Waals surface area contributed by atoms with Gasteiger partial charge in [0.05, 0.1) is 11.8 Å². The fraction of sp³-hybridized carbons (Fsp3) is 0.833. The van der Waals surface area contributed by atoms with Crippen molar-refractivity contribution in [2.45, 2.75) is 63.6 Å². The van der Waals surface area contributed by atoms with Crippen LogP contribution in [-0.4, -0.2) is 42.9 Å². The Morgan fingerprint density at radius 1 is 1.30 bits per heavy atom.